The van der Waals surface area contributed by atoms with E-state index in [-0.39, 0.29) is 5.02 Å². The molecule has 1 aromatic carbocycles. The Morgan fingerprint density at radius 1 is 1.39 bits per heavy atom. The molecule has 5 heteroatoms. The number of nitrogens with two attached hydrogens (primary N) is 1. The highest BCUT2D eigenvalue weighted by Gasteiger charge is 2.18. The van der Waals surface area contributed by atoms with Gasteiger partial charge in [-0.25, -0.2) is 4.39 Å². The second-order valence-electron chi connectivity index (χ2n) is 3.86. The molecule has 0 aliphatic carbocycles. The Hall–Kier alpha value is -1.36. The van der Waals surface area contributed by atoms with E-state index in [1.807, 2.05) is 0 Å². The van der Waals surface area contributed by atoms with Gasteiger partial charge >= 0.3 is 0 Å². The van der Waals surface area contributed by atoms with Gasteiger partial charge in [0.05, 0.1) is 11.1 Å². The first-order valence-electron chi connectivity index (χ1n) is 5.40. The number of hydrogen-bond donors (Lipinski definition) is 1. The number of hydrogen-bond acceptors (Lipinski definition) is 3. The van der Waals surface area contributed by atoms with Crippen molar-refractivity contribution < 1.29 is 13.5 Å². The average Bonchev–Trinajstić information content (AvgIpc) is 2.81. The van der Waals surface area contributed by atoms with Gasteiger partial charge in [-0.2, -0.15) is 0 Å². The highest BCUT2D eigenvalue weighted by Crippen LogP contribution is 2.29. The summed E-state index contributed by atoms with van der Waals surface area (Å²) in [7, 11) is 1.57. The third-order valence-electron chi connectivity index (χ3n) is 2.59. The molecule has 2 aromatic rings. The molecule has 1 atom stereocenters. The maximum atomic E-state index is 13.3. The Kier molecular flexibility index (Phi) is 4.01. The van der Waals surface area contributed by atoms with Crippen LogP contribution in [0.15, 0.2) is 34.7 Å². The third-order valence-corrected chi connectivity index (χ3v) is 2.99. The van der Waals surface area contributed by atoms with E-state index in [9.17, 15) is 4.39 Å². The van der Waals surface area contributed by atoms with Gasteiger partial charge in [-0.1, -0.05) is 23.7 Å². The van der Waals surface area contributed by atoms with Gasteiger partial charge < -0.3 is 14.9 Å². The molecule has 0 amide bonds. The predicted molar refractivity (Wildman–Crippen MR) is 66.9 cm³/mol. The molecule has 3 nitrogen and oxygen atoms in total. The Morgan fingerprint density at radius 2 is 2.17 bits per heavy atom. The van der Waals surface area contributed by atoms with Crippen LogP contribution in [0.4, 0.5) is 4.39 Å². The van der Waals surface area contributed by atoms with E-state index in [0.717, 1.165) is 0 Å². The van der Waals surface area contributed by atoms with Gasteiger partial charge in [0.1, 0.15) is 23.9 Å². The van der Waals surface area contributed by atoms with Crippen molar-refractivity contribution in [1.82, 2.24) is 0 Å². The van der Waals surface area contributed by atoms with Gasteiger partial charge in [-0.15, -0.1) is 0 Å². The van der Waals surface area contributed by atoms with Crippen molar-refractivity contribution in [2.24, 2.45) is 5.73 Å². The summed E-state index contributed by atoms with van der Waals surface area (Å²) < 4.78 is 23.8. The minimum absolute atomic E-state index is 0.0229. The van der Waals surface area contributed by atoms with Crippen LogP contribution in [-0.4, -0.2) is 7.11 Å². The van der Waals surface area contributed by atoms with Crippen LogP contribution >= 0.6 is 11.6 Å². The van der Waals surface area contributed by atoms with E-state index >= 15 is 0 Å². The topological polar surface area (TPSA) is 48.4 Å². The molecule has 1 aromatic heterocycles. The molecular weight excluding hydrogens is 257 g/mol. The van der Waals surface area contributed by atoms with Crippen molar-refractivity contribution in [1.29, 1.82) is 0 Å². The van der Waals surface area contributed by atoms with Gasteiger partial charge in [0.25, 0.3) is 0 Å². The van der Waals surface area contributed by atoms with Crippen molar-refractivity contribution >= 4 is 11.6 Å². The maximum Gasteiger partial charge on any atom is 0.142 e. The largest absolute Gasteiger partial charge is 0.462 e. The maximum absolute atomic E-state index is 13.3. The molecule has 96 valence electrons. The highest BCUT2D eigenvalue weighted by molar-refractivity contribution is 6.31. The number of rotatable bonds is 4. The summed E-state index contributed by atoms with van der Waals surface area (Å²) in [4.78, 5) is 0. The summed E-state index contributed by atoms with van der Waals surface area (Å²) in [6.45, 7) is 0.365. The molecule has 0 saturated heterocycles. The molecule has 0 spiro atoms. The zero-order valence-corrected chi connectivity index (χ0v) is 10.6. The standard InChI is InChI=1S/C13H13ClFNO2/c1-17-7-8-5-6-11(18-8)13(16)9-3-2-4-10(15)12(9)14/h2-6,13H,7,16H2,1H3. The number of furan rings is 1. The van der Waals surface area contributed by atoms with Gasteiger partial charge in [0.2, 0.25) is 0 Å². The lowest BCUT2D eigenvalue weighted by molar-refractivity contribution is 0.162. The van der Waals surface area contributed by atoms with E-state index in [0.29, 0.717) is 23.7 Å². The minimum atomic E-state index is -0.598. The Bertz CT molecular complexity index is 542. The smallest absolute Gasteiger partial charge is 0.142 e. The minimum Gasteiger partial charge on any atom is -0.462 e. The monoisotopic (exact) mass is 269 g/mol. The third kappa shape index (κ3) is 2.56. The second kappa shape index (κ2) is 5.52. The van der Waals surface area contributed by atoms with Crippen molar-refractivity contribution in [3.8, 4) is 0 Å². The SMILES string of the molecule is COCc1ccc(C(N)c2cccc(F)c2Cl)o1. The molecule has 0 saturated carbocycles. The normalized spacial score (nSPS) is 12.7. The van der Waals surface area contributed by atoms with Gasteiger partial charge in [0.15, 0.2) is 0 Å². The van der Waals surface area contributed by atoms with Crippen LogP contribution in [0.1, 0.15) is 23.1 Å². The summed E-state index contributed by atoms with van der Waals surface area (Å²) >= 11 is 5.88. The molecule has 0 radical (unpaired) electrons. The van der Waals surface area contributed by atoms with Crippen LogP contribution in [0.25, 0.3) is 0 Å². The van der Waals surface area contributed by atoms with E-state index in [2.05, 4.69) is 0 Å². The van der Waals surface area contributed by atoms with Gasteiger partial charge in [0, 0.05) is 7.11 Å². The molecule has 0 fully saturated rings. The number of halogens is 2. The van der Waals surface area contributed by atoms with Gasteiger partial charge in [-0.3, -0.25) is 0 Å². The molecular formula is C13H13ClFNO2. The number of ether oxygens (including phenoxy) is 1. The predicted octanol–water partition coefficient (Wildman–Crippen LogP) is 3.27. The van der Waals surface area contributed by atoms with Crippen molar-refractivity contribution in [2.75, 3.05) is 7.11 Å². The number of benzene rings is 1. The first-order valence-corrected chi connectivity index (χ1v) is 5.78. The van der Waals surface area contributed by atoms with E-state index in [1.165, 1.54) is 6.07 Å². The van der Waals surface area contributed by atoms with E-state index < -0.39 is 11.9 Å². The summed E-state index contributed by atoms with van der Waals surface area (Å²) in [6.07, 6.45) is 0. The summed E-state index contributed by atoms with van der Waals surface area (Å²) in [5, 5.41) is 0.0229. The van der Waals surface area contributed by atoms with Gasteiger partial charge in [-0.05, 0) is 23.8 Å². The molecule has 0 aliphatic heterocycles. The quantitative estimate of drug-likeness (QED) is 0.927. The van der Waals surface area contributed by atoms with Crippen LogP contribution in [0.2, 0.25) is 5.02 Å². The van der Waals surface area contributed by atoms with Crippen LogP contribution in [0.5, 0.6) is 0 Å². The Labute approximate surface area is 109 Å². The number of methoxy groups -OCH3 is 1. The molecule has 0 bridgehead atoms. The first kappa shape index (κ1) is 13.1. The lowest BCUT2D eigenvalue weighted by Gasteiger charge is -2.11. The Morgan fingerprint density at radius 3 is 2.89 bits per heavy atom. The van der Waals surface area contributed by atoms with Crippen LogP contribution in [0.3, 0.4) is 0 Å². The zero-order chi connectivity index (χ0) is 13.1. The van der Waals surface area contributed by atoms with E-state index in [4.69, 9.17) is 26.5 Å². The summed E-state index contributed by atoms with van der Waals surface area (Å²) in [5.41, 5.74) is 6.51. The average molecular weight is 270 g/mol. The van der Waals surface area contributed by atoms with Crippen LogP contribution < -0.4 is 5.73 Å². The van der Waals surface area contributed by atoms with Crippen LogP contribution in [0, 0.1) is 5.82 Å². The first-order chi connectivity index (χ1) is 8.63. The highest BCUT2D eigenvalue weighted by atomic mass is 35.5. The van der Waals surface area contributed by atoms with Crippen molar-refractivity contribution in [3.63, 3.8) is 0 Å². The molecule has 1 unspecified atom stereocenters. The van der Waals surface area contributed by atoms with Crippen molar-refractivity contribution in [2.45, 2.75) is 12.6 Å². The molecule has 2 N–H and O–H groups in total. The zero-order valence-electron chi connectivity index (χ0n) is 9.82. The summed E-state index contributed by atoms with van der Waals surface area (Å²) in [5.74, 6) is 0.693. The Balaban J connectivity index is 2.29. The summed E-state index contributed by atoms with van der Waals surface area (Å²) in [6, 6.07) is 7.44. The van der Waals surface area contributed by atoms with Crippen molar-refractivity contribution in [3.05, 3.63) is 58.3 Å². The lowest BCUT2D eigenvalue weighted by atomic mass is 10.1. The molecule has 1 heterocycles. The van der Waals surface area contributed by atoms with E-state index in [1.54, 1.807) is 31.4 Å². The molecule has 2 rings (SSSR count). The fraction of sp³-hybridized carbons (Fsp3) is 0.231. The fourth-order valence-electron chi connectivity index (χ4n) is 1.70. The molecule has 18 heavy (non-hydrogen) atoms. The fourth-order valence-corrected chi connectivity index (χ4v) is 1.94. The van der Waals surface area contributed by atoms with Crippen LogP contribution in [-0.2, 0) is 11.3 Å². The molecule has 0 aliphatic rings. The lowest BCUT2D eigenvalue weighted by Crippen LogP contribution is -2.12. The second-order valence-corrected chi connectivity index (χ2v) is 4.24.